The van der Waals surface area contributed by atoms with Crippen molar-refractivity contribution in [2.24, 2.45) is 0 Å². The Hall–Kier alpha value is -1.36. The highest BCUT2D eigenvalue weighted by Crippen LogP contribution is 2.25. The monoisotopic (exact) mass is 277 g/mol. The SMILES string of the molecule is Cc1cc(C)n(C[C@@H]2CCCCN2[C@@H]2CCOC2=O)n1. The van der Waals surface area contributed by atoms with Crippen molar-refractivity contribution in [1.29, 1.82) is 0 Å². The maximum atomic E-state index is 11.9. The van der Waals surface area contributed by atoms with Gasteiger partial charge < -0.3 is 4.74 Å². The molecule has 0 aromatic carbocycles. The first kappa shape index (κ1) is 13.6. The molecular formula is C15H23N3O2. The van der Waals surface area contributed by atoms with Crippen molar-refractivity contribution in [2.75, 3.05) is 13.2 Å². The Morgan fingerprint density at radius 3 is 2.85 bits per heavy atom. The number of hydrogen-bond donors (Lipinski definition) is 0. The van der Waals surface area contributed by atoms with E-state index >= 15 is 0 Å². The van der Waals surface area contributed by atoms with E-state index in [1.807, 2.05) is 6.92 Å². The van der Waals surface area contributed by atoms with E-state index in [0.717, 1.165) is 31.6 Å². The number of carbonyl (C=O) groups is 1. The molecule has 2 saturated heterocycles. The van der Waals surface area contributed by atoms with Gasteiger partial charge in [0.2, 0.25) is 0 Å². The Morgan fingerprint density at radius 1 is 1.35 bits per heavy atom. The number of aryl methyl sites for hydroxylation is 2. The molecule has 2 atom stereocenters. The number of piperidine rings is 1. The average Bonchev–Trinajstić information content (AvgIpc) is 2.97. The van der Waals surface area contributed by atoms with Gasteiger partial charge in [-0.3, -0.25) is 14.4 Å². The normalized spacial score (nSPS) is 27.8. The Bertz CT molecular complexity index is 497. The zero-order chi connectivity index (χ0) is 14.1. The number of ether oxygens (including phenoxy) is 1. The largest absolute Gasteiger partial charge is 0.464 e. The van der Waals surface area contributed by atoms with Gasteiger partial charge >= 0.3 is 5.97 Å². The van der Waals surface area contributed by atoms with Crippen LogP contribution in [-0.2, 0) is 16.1 Å². The lowest BCUT2D eigenvalue weighted by Gasteiger charge is -2.38. The first-order valence-corrected chi connectivity index (χ1v) is 7.58. The molecule has 110 valence electrons. The molecule has 0 spiro atoms. The van der Waals surface area contributed by atoms with E-state index < -0.39 is 0 Å². The van der Waals surface area contributed by atoms with Crippen molar-refractivity contribution in [2.45, 2.75) is 58.2 Å². The minimum absolute atomic E-state index is 0.0303. The van der Waals surface area contributed by atoms with E-state index in [1.165, 1.54) is 18.5 Å². The lowest BCUT2D eigenvalue weighted by atomic mass is 9.99. The van der Waals surface area contributed by atoms with Crippen LogP contribution in [0.1, 0.15) is 37.1 Å². The highest BCUT2D eigenvalue weighted by Gasteiger charge is 2.37. The predicted molar refractivity (Wildman–Crippen MR) is 75.4 cm³/mol. The summed E-state index contributed by atoms with van der Waals surface area (Å²) in [5.41, 5.74) is 2.26. The van der Waals surface area contributed by atoms with Crippen molar-refractivity contribution in [3.8, 4) is 0 Å². The van der Waals surface area contributed by atoms with Crippen molar-refractivity contribution < 1.29 is 9.53 Å². The molecule has 2 fully saturated rings. The number of aromatic nitrogens is 2. The lowest BCUT2D eigenvalue weighted by molar-refractivity contribution is -0.143. The number of cyclic esters (lactones) is 1. The van der Waals surface area contributed by atoms with Crippen LogP contribution in [0.2, 0.25) is 0 Å². The molecular weight excluding hydrogens is 254 g/mol. The first-order chi connectivity index (χ1) is 9.65. The molecule has 0 bridgehead atoms. The molecule has 0 aliphatic carbocycles. The summed E-state index contributed by atoms with van der Waals surface area (Å²) < 4.78 is 7.22. The van der Waals surface area contributed by atoms with Crippen LogP contribution in [0.4, 0.5) is 0 Å². The van der Waals surface area contributed by atoms with Gasteiger partial charge in [0.1, 0.15) is 6.04 Å². The molecule has 20 heavy (non-hydrogen) atoms. The topological polar surface area (TPSA) is 47.4 Å². The van der Waals surface area contributed by atoms with Crippen LogP contribution in [0.15, 0.2) is 6.07 Å². The van der Waals surface area contributed by atoms with Gasteiger partial charge in [-0.05, 0) is 39.3 Å². The van der Waals surface area contributed by atoms with Crippen LogP contribution < -0.4 is 0 Å². The second-order valence-corrected chi connectivity index (χ2v) is 5.97. The zero-order valence-corrected chi connectivity index (χ0v) is 12.3. The molecule has 2 aliphatic heterocycles. The van der Waals surface area contributed by atoms with Gasteiger partial charge in [-0.25, -0.2) is 0 Å². The van der Waals surface area contributed by atoms with Gasteiger partial charge in [0.25, 0.3) is 0 Å². The summed E-state index contributed by atoms with van der Waals surface area (Å²) in [5.74, 6) is -0.0368. The molecule has 3 heterocycles. The van der Waals surface area contributed by atoms with E-state index in [4.69, 9.17) is 4.74 Å². The second-order valence-electron chi connectivity index (χ2n) is 5.97. The van der Waals surface area contributed by atoms with Crippen LogP contribution in [0.3, 0.4) is 0 Å². The summed E-state index contributed by atoms with van der Waals surface area (Å²) in [5, 5.41) is 4.56. The second kappa shape index (κ2) is 5.56. The number of hydrogen-bond acceptors (Lipinski definition) is 4. The fourth-order valence-electron chi connectivity index (χ4n) is 3.48. The summed E-state index contributed by atoms with van der Waals surface area (Å²) >= 11 is 0. The number of carbonyl (C=O) groups excluding carboxylic acids is 1. The summed E-state index contributed by atoms with van der Waals surface area (Å²) in [6, 6.07) is 2.48. The highest BCUT2D eigenvalue weighted by atomic mass is 16.5. The fourth-order valence-corrected chi connectivity index (χ4v) is 3.48. The molecule has 1 aromatic rings. The van der Waals surface area contributed by atoms with Crippen LogP contribution >= 0.6 is 0 Å². The number of likely N-dealkylation sites (tertiary alicyclic amines) is 1. The lowest BCUT2D eigenvalue weighted by Crippen LogP contribution is -2.50. The number of nitrogens with zero attached hydrogens (tertiary/aromatic N) is 3. The van der Waals surface area contributed by atoms with Gasteiger partial charge in [-0.2, -0.15) is 5.10 Å². The van der Waals surface area contributed by atoms with E-state index in [2.05, 4.69) is 27.7 Å². The van der Waals surface area contributed by atoms with Gasteiger partial charge in [0.15, 0.2) is 0 Å². The molecule has 5 heteroatoms. The first-order valence-electron chi connectivity index (χ1n) is 7.58. The third kappa shape index (κ3) is 2.59. The summed E-state index contributed by atoms with van der Waals surface area (Å²) in [6.07, 6.45) is 4.40. The average molecular weight is 277 g/mol. The summed E-state index contributed by atoms with van der Waals surface area (Å²) in [4.78, 5) is 14.2. The Balaban J connectivity index is 1.75. The summed E-state index contributed by atoms with van der Waals surface area (Å²) in [6.45, 7) is 6.58. The minimum atomic E-state index is -0.0368. The van der Waals surface area contributed by atoms with E-state index in [9.17, 15) is 4.79 Å². The fraction of sp³-hybridized carbons (Fsp3) is 0.733. The molecule has 0 N–H and O–H groups in total. The van der Waals surface area contributed by atoms with Crippen molar-refractivity contribution in [3.63, 3.8) is 0 Å². The van der Waals surface area contributed by atoms with Gasteiger partial charge in [-0.1, -0.05) is 6.42 Å². The smallest absolute Gasteiger partial charge is 0.323 e. The van der Waals surface area contributed by atoms with Crippen LogP contribution in [0.25, 0.3) is 0 Å². The van der Waals surface area contributed by atoms with E-state index in [0.29, 0.717) is 12.6 Å². The third-order valence-corrected chi connectivity index (χ3v) is 4.47. The molecule has 2 aliphatic rings. The molecule has 0 amide bonds. The predicted octanol–water partition coefficient (Wildman–Crippen LogP) is 1.67. The van der Waals surface area contributed by atoms with Crippen molar-refractivity contribution >= 4 is 5.97 Å². The maximum Gasteiger partial charge on any atom is 0.323 e. The van der Waals surface area contributed by atoms with Crippen LogP contribution in [-0.4, -0.2) is 45.9 Å². The van der Waals surface area contributed by atoms with Gasteiger partial charge in [-0.15, -0.1) is 0 Å². The number of esters is 1. The molecule has 0 saturated carbocycles. The molecule has 5 nitrogen and oxygen atoms in total. The molecule has 0 radical (unpaired) electrons. The van der Waals surface area contributed by atoms with E-state index in [-0.39, 0.29) is 12.0 Å². The standard InChI is InChI=1S/C15H23N3O2/c1-11-9-12(2)18(16-11)10-13-5-3-4-7-17(13)14-6-8-20-15(14)19/h9,13-14H,3-8,10H2,1-2H3/t13-,14+/m0/s1. The Morgan fingerprint density at radius 2 is 2.20 bits per heavy atom. The quantitative estimate of drug-likeness (QED) is 0.789. The number of rotatable bonds is 3. The molecule has 3 rings (SSSR count). The van der Waals surface area contributed by atoms with Crippen molar-refractivity contribution in [1.82, 2.24) is 14.7 Å². The third-order valence-electron chi connectivity index (χ3n) is 4.47. The van der Waals surface area contributed by atoms with Gasteiger partial charge in [0, 0.05) is 18.2 Å². The Labute approximate surface area is 119 Å². The molecule has 0 unspecified atom stereocenters. The Kier molecular flexibility index (Phi) is 3.78. The highest BCUT2D eigenvalue weighted by molar-refractivity contribution is 5.77. The van der Waals surface area contributed by atoms with E-state index in [1.54, 1.807) is 0 Å². The van der Waals surface area contributed by atoms with Gasteiger partial charge in [0.05, 0.1) is 18.8 Å². The zero-order valence-electron chi connectivity index (χ0n) is 12.3. The van der Waals surface area contributed by atoms with Crippen LogP contribution in [0.5, 0.6) is 0 Å². The molecule has 1 aromatic heterocycles. The minimum Gasteiger partial charge on any atom is -0.464 e. The summed E-state index contributed by atoms with van der Waals surface area (Å²) in [7, 11) is 0. The van der Waals surface area contributed by atoms with Crippen molar-refractivity contribution in [3.05, 3.63) is 17.5 Å². The maximum absolute atomic E-state index is 11.9. The van der Waals surface area contributed by atoms with Crippen LogP contribution in [0, 0.1) is 13.8 Å².